The minimum atomic E-state index is 0.131. The standard InChI is InChI=1S/C19H27N3O/c23-21-17-12-7-5-3-1-2-4-6-8-13-19(17)22-15-20-16-11-9-10-14-18(16)22/h9-11,14-15,19,23H,1-8,12-13H2/b21-17+/t19-/m1/s1. The molecule has 1 aromatic carbocycles. The number of hydrogen-bond acceptors (Lipinski definition) is 3. The van der Waals surface area contributed by atoms with Gasteiger partial charge in [-0.25, -0.2) is 4.98 Å². The second kappa shape index (κ2) is 8.14. The maximum absolute atomic E-state index is 9.59. The van der Waals surface area contributed by atoms with Gasteiger partial charge in [0.05, 0.1) is 29.1 Å². The molecule has 0 unspecified atom stereocenters. The zero-order valence-electron chi connectivity index (χ0n) is 13.8. The highest BCUT2D eigenvalue weighted by Crippen LogP contribution is 2.26. The summed E-state index contributed by atoms with van der Waals surface area (Å²) in [4.78, 5) is 4.52. The maximum atomic E-state index is 9.59. The minimum absolute atomic E-state index is 0.131. The van der Waals surface area contributed by atoms with E-state index < -0.39 is 0 Å². The van der Waals surface area contributed by atoms with Gasteiger partial charge in [-0.15, -0.1) is 0 Å². The average Bonchev–Trinajstić information content (AvgIpc) is 2.99. The topological polar surface area (TPSA) is 50.4 Å². The lowest BCUT2D eigenvalue weighted by Crippen LogP contribution is -2.19. The summed E-state index contributed by atoms with van der Waals surface area (Å²) in [6.45, 7) is 0. The molecule has 1 fully saturated rings. The number of aromatic nitrogens is 2. The Hall–Kier alpha value is -1.84. The monoisotopic (exact) mass is 313 g/mol. The summed E-state index contributed by atoms with van der Waals surface area (Å²) in [5.74, 6) is 0. The summed E-state index contributed by atoms with van der Waals surface area (Å²) in [5, 5.41) is 13.3. The van der Waals surface area contributed by atoms with Crippen LogP contribution in [0.25, 0.3) is 11.0 Å². The summed E-state index contributed by atoms with van der Waals surface area (Å²) in [6.07, 6.45) is 13.9. The lowest BCUT2D eigenvalue weighted by Gasteiger charge is -2.21. The Kier molecular flexibility index (Phi) is 5.67. The van der Waals surface area contributed by atoms with Gasteiger partial charge in [-0.2, -0.15) is 0 Å². The van der Waals surface area contributed by atoms with E-state index in [1.165, 1.54) is 44.9 Å². The number of para-hydroxylation sites is 2. The molecule has 2 aromatic rings. The van der Waals surface area contributed by atoms with Crippen molar-refractivity contribution in [3.8, 4) is 0 Å². The molecule has 1 saturated carbocycles. The van der Waals surface area contributed by atoms with Crippen LogP contribution in [0.1, 0.15) is 70.3 Å². The van der Waals surface area contributed by atoms with Crippen LogP contribution in [0.2, 0.25) is 0 Å². The predicted molar refractivity (Wildman–Crippen MR) is 94.2 cm³/mol. The highest BCUT2D eigenvalue weighted by Gasteiger charge is 2.20. The van der Waals surface area contributed by atoms with Gasteiger partial charge in [0.25, 0.3) is 0 Å². The van der Waals surface area contributed by atoms with Gasteiger partial charge < -0.3 is 9.77 Å². The van der Waals surface area contributed by atoms with E-state index in [0.29, 0.717) is 0 Å². The van der Waals surface area contributed by atoms with Crippen molar-refractivity contribution >= 4 is 16.7 Å². The Morgan fingerprint density at radius 3 is 2.43 bits per heavy atom. The SMILES string of the molecule is O/N=C1\CCCCCCCCCC[C@H]1n1cnc2ccccc21. The van der Waals surface area contributed by atoms with Crippen LogP contribution in [0.5, 0.6) is 0 Å². The molecule has 1 aliphatic rings. The Labute approximate surface area is 138 Å². The molecule has 0 aliphatic heterocycles. The van der Waals surface area contributed by atoms with Crippen molar-refractivity contribution in [3.05, 3.63) is 30.6 Å². The lowest BCUT2D eigenvalue weighted by atomic mass is 9.96. The Balaban J connectivity index is 1.87. The van der Waals surface area contributed by atoms with Gasteiger partial charge in [-0.05, 0) is 31.4 Å². The molecule has 1 N–H and O–H groups in total. The number of oxime groups is 1. The second-order valence-corrected chi connectivity index (χ2v) is 6.61. The van der Waals surface area contributed by atoms with Crippen molar-refractivity contribution in [3.63, 3.8) is 0 Å². The summed E-state index contributed by atoms with van der Waals surface area (Å²) < 4.78 is 2.20. The number of imidazole rings is 1. The first-order valence-corrected chi connectivity index (χ1v) is 9.02. The van der Waals surface area contributed by atoms with Crippen LogP contribution >= 0.6 is 0 Å². The minimum Gasteiger partial charge on any atom is -0.411 e. The van der Waals surface area contributed by atoms with E-state index in [9.17, 15) is 5.21 Å². The van der Waals surface area contributed by atoms with Crippen molar-refractivity contribution in [2.24, 2.45) is 5.16 Å². The number of benzene rings is 1. The number of fused-ring (bicyclic) bond motifs is 1. The van der Waals surface area contributed by atoms with Gasteiger partial charge in [0.15, 0.2) is 0 Å². The number of hydrogen-bond donors (Lipinski definition) is 1. The van der Waals surface area contributed by atoms with E-state index in [2.05, 4.69) is 20.8 Å². The van der Waals surface area contributed by atoms with E-state index >= 15 is 0 Å². The van der Waals surface area contributed by atoms with Gasteiger partial charge in [0.2, 0.25) is 0 Å². The van der Waals surface area contributed by atoms with Crippen LogP contribution in [0.15, 0.2) is 35.7 Å². The smallest absolute Gasteiger partial charge is 0.0964 e. The summed E-state index contributed by atoms with van der Waals surface area (Å²) in [7, 11) is 0. The fraction of sp³-hybridized carbons (Fsp3) is 0.579. The van der Waals surface area contributed by atoms with Gasteiger partial charge in [0.1, 0.15) is 0 Å². The molecular formula is C19H27N3O. The van der Waals surface area contributed by atoms with Gasteiger partial charge in [-0.3, -0.25) is 0 Å². The average molecular weight is 313 g/mol. The zero-order chi connectivity index (χ0) is 15.9. The van der Waals surface area contributed by atoms with Crippen LogP contribution in [0, 0.1) is 0 Å². The zero-order valence-corrected chi connectivity index (χ0v) is 13.8. The first-order valence-electron chi connectivity index (χ1n) is 9.02. The van der Waals surface area contributed by atoms with E-state index in [1.54, 1.807) is 0 Å². The van der Waals surface area contributed by atoms with Gasteiger partial charge in [0, 0.05) is 0 Å². The fourth-order valence-corrected chi connectivity index (χ4v) is 3.68. The molecule has 1 aromatic heterocycles. The molecule has 0 bridgehead atoms. The van der Waals surface area contributed by atoms with Gasteiger partial charge >= 0.3 is 0 Å². The Bertz CT molecular complexity index is 647. The van der Waals surface area contributed by atoms with E-state index in [-0.39, 0.29) is 6.04 Å². The normalized spacial score (nSPS) is 23.5. The highest BCUT2D eigenvalue weighted by molar-refractivity contribution is 5.89. The maximum Gasteiger partial charge on any atom is 0.0964 e. The molecule has 0 radical (unpaired) electrons. The van der Waals surface area contributed by atoms with Crippen LogP contribution in [0.3, 0.4) is 0 Å². The first kappa shape index (κ1) is 16.0. The number of rotatable bonds is 1. The van der Waals surface area contributed by atoms with Crippen LogP contribution in [-0.4, -0.2) is 20.5 Å². The number of nitrogens with zero attached hydrogens (tertiary/aromatic N) is 3. The molecule has 0 amide bonds. The molecule has 1 aliphatic carbocycles. The lowest BCUT2D eigenvalue weighted by molar-refractivity contribution is 0.311. The second-order valence-electron chi connectivity index (χ2n) is 6.61. The molecular weight excluding hydrogens is 286 g/mol. The Morgan fingerprint density at radius 1 is 0.957 bits per heavy atom. The van der Waals surface area contributed by atoms with Crippen molar-refractivity contribution in [2.45, 2.75) is 70.3 Å². The van der Waals surface area contributed by atoms with E-state index in [4.69, 9.17) is 0 Å². The molecule has 4 nitrogen and oxygen atoms in total. The quantitative estimate of drug-likeness (QED) is 0.572. The fourth-order valence-electron chi connectivity index (χ4n) is 3.68. The largest absolute Gasteiger partial charge is 0.411 e. The highest BCUT2D eigenvalue weighted by atomic mass is 16.4. The first-order chi connectivity index (χ1) is 11.4. The molecule has 4 heteroatoms. The third-order valence-corrected chi connectivity index (χ3v) is 4.99. The third-order valence-electron chi connectivity index (χ3n) is 4.99. The van der Waals surface area contributed by atoms with Crippen molar-refractivity contribution in [2.75, 3.05) is 0 Å². The summed E-state index contributed by atoms with van der Waals surface area (Å²) in [6, 6.07) is 8.34. The van der Waals surface area contributed by atoms with Crippen molar-refractivity contribution < 1.29 is 5.21 Å². The predicted octanol–water partition coefficient (Wildman–Crippen LogP) is 5.32. The molecule has 1 heterocycles. The molecule has 1 atom stereocenters. The van der Waals surface area contributed by atoms with E-state index in [1.807, 2.05) is 24.5 Å². The van der Waals surface area contributed by atoms with Crippen LogP contribution in [0.4, 0.5) is 0 Å². The molecule has 3 rings (SSSR count). The third kappa shape index (κ3) is 3.92. The summed E-state index contributed by atoms with van der Waals surface area (Å²) in [5.41, 5.74) is 3.05. The van der Waals surface area contributed by atoms with Crippen molar-refractivity contribution in [1.82, 2.24) is 9.55 Å². The summed E-state index contributed by atoms with van der Waals surface area (Å²) >= 11 is 0. The van der Waals surface area contributed by atoms with Crippen molar-refractivity contribution in [1.29, 1.82) is 0 Å². The molecule has 124 valence electrons. The van der Waals surface area contributed by atoms with Gasteiger partial charge in [-0.1, -0.05) is 62.2 Å². The molecule has 23 heavy (non-hydrogen) atoms. The molecule has 0 saturated heterocycles. The Morgan fingerprint density at radius 2 is 1.65 bits per heavy atom. The van der Waals surface area contributed by atoms with Crippen LogP contribution < -0.4 is 0 Å². The molecule has 0 spiro atoms. The van der Waals surface area contributed by atoms with E-state index in [0.717, 1.165) is 36.0 Å². The van der Waals surface area contributed by atoms with Crippen LogP contribution in [-0.2, 0) is 0 Å².